The van der Waals surface area contributed by atoms with Gasteiger partial charge in [0.25, 0.3) is 0 Å². The number of amides is 1. The van der Waals surface area contributed by atoms with Gasteiger partial charge in [0, 0.05) is 31.5 Å². The summed E-state index contributed by atoms with van der Waals surface area (Å²) in [5.41, 5.74) is 6.34. The minimum Gasteiger partial charge on any atom is -0.278 e. The molecule has 194 valence electrons. The van der Waals surface area contributed by atoms with E-state index >= 15 is 0 Å². The van der Waals surface area contributed by atoms with Crippen molar-refractivity contribution in [2.24, 2.45) is 0 Å². The molecule has 5 aromatic rings. The molecule has 0 radical (unpaired) electrons. The fourth-order valence-electron chi connectivity index (χ4n) is 4.67. The fourth-order valence-corrected chi connectivity index (χ4v) is 6.81. The van der Waals surface area contributed by atoms with Crippen LogP contribution < -0.4 is 4.90 Å². The van der Waals surface area contributed by atoms with Gasteiger partial charge >= 0.3 is 0 Å². The maximum atomic E-state index is 13.9. The standard InChI is InChI=1S/C33H22ClN3OS2/c1-21-14-16-22(17-15-21)27-18-24(23-8-2-3-9-26(23)34)25(19-35)33(36-27)39-20-32(38)37-28-10-4-6-12-30(28)40-31-13-7-5-11-29(31)37/h2-18H,20H2,1H3. The van der Waals surface area contributed by atoms with E-state index in [2.05, 4.69) is 6.07 Å². The van der Waals surface area contributed by atoms with Crippen LogP contribution in [0.4, 0.5) is 11.4 Å². The molecule has 1 aromatic heterocycles. The zero-order valence-corrected chi connectivity index (χ0v) is 23.9. The number of nitrogens with zero attached hydrogens (tertiary/aromatic N) is 3. The molecule has 1 aliphatic rings. The predicted octanol–water partition coefficient (Wildman–Crippen LogP) is 9.17. The molecular weight excluding hydrogens is 554 g/mol. The summed E-state index contributed by atoms with van der Waals surface area (Å²) < 4.78 is 0. The van der Waals surface area contributed by atoms with Crippen LogP contribution in [0.1, 0.15) is 11.1 Å². The molecule has 7 heteroatoms. The van der Waals surface area contributed by atoms with Crippen molar-refractivity contribution in [1.29, 1.82) is 5.26 Å². The molecule has 1 aliphatic heterocycles. The van der Waals surface area contributed by atoms with E-state index in [4.69, 9.17) is 16.6 Å². The minimum atomic E-state index is -0.0871. The van der Waals surface area contributed by atoms with Crippen LogP contribution in [0, 0.1) is 18.3 Å². The van der Waals surface area contributed by atoms with Crippen LogP contribution >= 0.6 is 35.1 Å². The van der Waals surface area contributed by atoms with Crippen molar-refractivity contribution in [2.75, 3.05) is 10.7 Å². The summed E-state index contributed by atoms with van der Waals surface area (Å²) in [6, 6.07) is 35.6. The summed E-state index contributed by atoms with van der Waals surface area (Å²) in [4.78, 5) is 22.6. The zero-order valence-electron chi connectivity index (χ0n) is 21.5. The summed E-state index contributed by atoms with van der Waals surface area (Å²) in [5, 5.41) is 11.3. The Hall–Kier alpha value is -4.02. The Bertz CT molecular complexity index is 1750. The van der Waals surface area contributed by atoms with Gasteiger partial charge in [-0.15, -0.1) is 0 Å². The number of nitriles is 1. The third-order valence-electron chi connectivity index (χ3n) is 6.62. The van der Waals surface area contributed by atoms with Gasteiger partial charge < -0.3 is 0 Å². The number of aromatic nitrogens is 1. The number of halogens is 1. The van der Waals surface area contributed by atoms with Crippen molar-refractivity contribution in [3.05, 3.63) is 119 Å². The highest BCUT2D eigenvalue weighted by atomic mass is 35.5. The molecule has 1 amide bonds. The predicted molar refractivity (Wildman–Crippen MR) is 164 cm³/mol. The van der Waals surface area contributed by atoms with Crippen LogP contribution in [0.25, 0.3) is 22.4 Å². The topological polar surface area (TPSA) is 57.0 Å². The van der Waals surface area contributed by atoms with Gasteiger partial charge in [0.2, 0.25) is 5.91 Å². The normalized spacial score (nSPS) is 11.9. The SMILES string of the molecule is Cc1ccc(-c2cc(-c3ccccc3Cl)c(C#N)c(SCC(=O)N3c4ccccc4Sc4ccccc43)n2)cc1. The van der Waals surface area contributed by atoms with E-state index in [1.165, 1.54) is 11.8 Å². The van der Waals surface area contributed by atoms with Crippen LogP contribution in [-0.4, -0.2) is 16.6 Å². The van der Waals surface area contributed by atoms with Crippen LogP contribution in [0.3, 0.4) is 0 Å². The fraction of sp³-hybridized carbons (Fsp3) is 0.0606. The van der Waals surface area contributed by atoms with Gasteiger partial charge in [-0.2, -0.15) is 5.26 Å². The van der Waals surface area contributed by atoms with Crippen molar-refractivity contribution < 1.29 is 4.79 Å². The Balaban J connectivity index is 1.41. The molecule has 4 aromatic carbocycles. The monoisotopic (exact) mass is 575 g/mol. The number of fused-ring (bicyclic) bond motifs is 2. The van der Waals surface area contributed by atoms with E-state index < -0.39 is 0 Å². The van der Waals surface area contributed by atoms with Gasteiger partial charge in [-0.05, 0) is 43.3 Å². The third-order valence-corrected chi connectivity index (χ3v) is 9.04. The lowest BCUT2D eigenvalue weighted by atomic mass is 9.99. The maximum absolute atomic E-state index is 13.9. The highest BCUT2D eigenvalue weighted by Crippen LogP contribution is 2.48. The van der Waals surface area contributed by atoms with Gasteiger partial charge in [-0.1, -0.05) is 107 Å². The third kappa shape index (κ3) is 5.00. The zero-order chi connectivity index (χ0) is 27.6. The largest absolute Gasteiger partial charge is 0.278 e. The summed E-state index contributed by atoms with van der Waals surface area (Å²) in [6.45, 7) is 2.04. The number of carbonyl (C=O) groups excluding carboxylic acids is 1. The number of aryl methyl sites for hydroxylation is 1. The quantitative estimate of drug-likeness (QED) is 0.195. The van der Waals surface area contributed by atoms with Gasteiger partial charge in [0.15, 0.2) is 0 Å². The molecule has 0 N–H and O–H groups in total. The first-order valence-electron chi connectivity index (χ1n) is 12.6. The van der Waals surface area contributed by atoms with Crippen molar-refractivity contribution in [3.63, 3.8) is 0 Å². The number of hydrogen-bond donors (Lipinski definition) is 0. The Labute approximate surface area is 246 Å². The number of carbonyl (C=O) groups is 1. The molecule has 0 saturated heterocycles. The van der Waals surface area contributed by atoms with Crippen LogP contribution in [-0.2, 0) is 4.79 Å². The van der Waals surface area contributed by atoms with Crippen LogP contribution in [0.2, 0.25) is 5.02 Å². The number of hydrogen-bond acceptors (Lipinski definition) is 5. The number of benzene rings is 4. The van der Waals surface area contributed by atoms with Gasteiger partial charge in [-0.25, -0.2) is 4.98 Å². The first-order valence-corrected chi connectivity index (χ1v) is 14.8. The highest BCUT2D eigenvalue weighted by molar-refractivity contribution is 8.00. The number of anilines is 2. The molecular formula is C33H22ClN3OS2. The number of pyridine rings is 1. The minimum absolute atomic E-state index is 0.0871. The van der Waals surface area contributed by atoms with Crippen LogP contribution in [0.5, 0.6) is 0 Å². The second-order valence-electron chi connectivity index (χ2n) is 9.25. The van der Waals surface area contributed by atoms with E-state index in [-0.39, 0.29) is 11.7 Å². The van der Waals surface area contributed by atoms with Gasteiger partial charge in [0.05, 0.1) is 28.4 Å². The molecule has 0 unspecified atom stereocenters. The van der Waals surface area contributed by atoms with E-state index in [1.54, 1.807) is 16.7 Å². The summed E-state index contributed by atoms with van der Waals surface area (Å²) >= 11 is 9.52. The van der Waals surface area contributed by atoms with Crippen molar-refractivity contribution in [1.82, 2.24) is 4.98 Å². The van der Waals surface area contributed by atoms with E-state index in [0.717, 1.165) is 37.9 Å². The van der Waals surface area contributed by atoms with E-state index in [1.807, 2.05) is 110 Å². The second kappa shape index (κ2) is 11.2. The lowest BCUT2D eigenvalue weighted by Gasteiger charge is -2.31. The molecule has 4 nitrogen and oxygen atoms in total. The second-order valence-corrected chi connectivity index (χ2v) is 11.7. The number of thioether (sulfide) groups is 1. The number of para-hydroxylation sites is 2. The Morgan fingerprint density at radius 3 is 2.17 bits per heavy atom. The molecule has 40 heavy (non-hydrogen) atoms. The molecule has 0 bridgehead atoms. The molecule has 0 fully saturated rings. The lowest BCUT2D eigenvalue weighted by Crippen LogP contribution is -2.30. The molecule has 6 rings (SSSR count). The van der Waals surface area contributed by atoms with Gasteiger partial charge in [0.1, 0.15) is 11.1 Å². The average molecular weight is 576 g/mol. The summed E-state index contributed by atoms with van der Waals surface area (Å²) in [7, 11) is 0. The summed E-state index contributed by atoms with van der Waals surface area (Å²) in [6.07, 6.45) is 0. The highest BCUT2D eigenvalue weighted by Gasteiger charge is 2.28. The first kappa shape index (κ1) is 26.2. The van der Waals surface area contributed by atoms with Crippen molar-refractivity contribution in [3.8, 4) is 28.5 Å². The average Bonchev–Trinajstić information content (AvgIpc) is 2.98. The summed E-state index contributed by atoms with van der Waals surface area (Å²) in [5.74, 6) is 0.0184. The van der Waals surface area contributed by atoms with Crippen molar-refractivity contribution in [2.45, 2.75) is 21.7 Å². The molecule has 0 saturated carbocycles. The first-order chi connectivity index (χ1) is 19.5. The smallest absolute Gasteiger partial charge is 0.242 e. The van der Waals surface area contributed by atoms with E-state index in [9.17, 15) is 10.1 Å². The van der Waals surface area contributed by atoms with Crippen LogP contribution in [0.15, 0.2) is 118 Å². The molecule has 0 atom stereocenters. The lowest BCUT2D eigenvalue weighted by molar-refractivity contribution is -0.115. The van der Waals surface area contributed by atoms with E-state index in [0.29, 0.717) is 26.9 Å². The molecule has 0 spiro atoms. The Morgan fingerprint density at radius 2 is 1.52 bits per heavy atom. The Kier molecular flexibility index (Phi) is 7.36. The molecule has 2 heterocycles. The van der Waals surface area contributed by atoms with Crippen molar-refractivity contribution >= 4 is 52.4 Å². The Morgan fingerprint density at radius 1 is 0.900 bits per heavy atom. The van der Waals surface area contributed by atoms with Gasteiger partial charge in [-0.3, -0.25) is 9.69 Å². The maximum Gasteiger partial charge on any atom is 0.242 e. The molecule has 0 aliphatic carbocycles. The number of rotatable bonds is 5.